The molecule has 1 aliphatic rings. The van der Waals surface area contributed by atoms with Crippen molar-refractivity contribution in [1.29, 1.82) is 0 Å². The molecule has 0 saturated carbocycles. The lowest BCUT2D eigenvalue weighted by Crippen LogP contribution is -2.08. The minimum absolute atomic E-state index is 0.935. The van der Waals surface area contributed by atoms with E-state index in [2.05, 4.69) is 51.1 Å². The molecule has 0 fully saturated rings. The van der Waals surface area contributed by atoms with Crippen LogP contribution in [0.25, 0.3) is 5.57 Å². The molecule has 0 nitrogen and oxygen atoms in total. The van der Waals surface area contributed by atoms with Gasteiger partial charge in [-0.2, -0.15) is 0 Å². The van der Waals surface area contributed by atoms with E-state index in [1.165, 1.54) is 56.1 Å². The summed E-state index contributed by atoms with van der Waals surface area (Å²) in [7, 11) is 0. The van der Waals surface area contributed by atoms with Crippen molar-refractivity contribution in [2.24, 2.45) is 11.8 Å². The zero-order valence-corrected chi connectivity index (χ0v) is 13.5. The molecule has 0 N–H and O–H groups in total. The van der Waals surface area contributed by atoms with E-state index < -0.39 is 0 Å². The van der Waals surface area contributed by atoms with Crippen molar-refractivity contribution in [2.75, 3.05) is 0 Å². The highest BCUT2D eigenvalue weighted by atomic mass is 14.2. The first-order chi connectivity index (χ1) is 9.72. The van der Waals surface area contributed by atoms with E-state index >= 15 is 0 Å². The largest absolute Gasteiger partial charge is 0.0804 e. The van der Waals surface area contributed by atoms with Crippen molar-refractivity contribution in [2.45, 2.75) is 65.7 Å². The summed E-state index contributed by atoms with van der Waals surface area (Å²) in [5.74, 6) is 1.89. The Bertz CT molecular complexity index is 420. The van der Waals surface area contributed by atoms with Gasteiger partial charge in [0.25, 0.3) is 0 Å². The summed E-state index contributed by atoms with van der Waals surface area (Å²) in [4.78, 5) is 0. The Morgan fingerprint density at radius 1 is 1.10 bits per heavy atom. The van der Waals surface area contributed by atoms with Crippen LogP contribution in [0.3, 0.4) is 0 Å². The molecule has 0 amide bonds. The highest BCUT2D eigenvalue weighted by Gasteiger charge is 2.16. The summed E-state index contributed by atoms with van der Waals surface area (Å²) in [5, 5.41) is 0. The van der Waals surface area contributed by atoms with Gasteiger partial charge in [0.1, 0.15) is 0 Å². The SMILES string of the molecule is CCC(CC)CCC1CC=C(c2ccc(C)cc2)CC1. The quantitative estimate of drug-likeness (QED) is 0.561. The van der Waals surface area contributed by atoms with Gasteiger partial charge in [0, 0.05) is 0 Å². The normalized spacial score (nSPS) is 19.2. The maximum atomic E-state index is 2.51. The number of hydrogen-bond acceptors (Lipinski definition) is 0. The summed E-state index contributed by atoms with van der Waals surface area (Å²) in [6.45, 7) is 6.84. The van der Waals surface area contributed by atoms with Crippen LogP contribution >= 0.6 is 0 Å². The van der Waals surface area contributed by atoms with Crippen LogP contribution in [0, 0.1) is 18.8 Å². The molecule has 0 saturated heterocycles. The lowest BCUT2D eigenvalue weighted by atomic mass is 9.82. The summed E-state index contributed by atoms with van der Waals surface area (Å²) >= 11 is 0. The minimum Gasteiger partial charge on any atom is -0.0804 e. The van der Waals surface area contributed by atoms with E-state index in [4.69, 9.17) is 0 Å². The molecule has 1 atom stereocenters. The van der Waals surface area contributed by atoms with Gasteiger partial charge in [0.2, 0.25) is 0 Å². The van der Waals surface area contributed by atoms with E-state index in [1.807, 2.05) is 0 Å². The van der Waals surface area contributed by atoms with Gasteiger partial charge in [-0.25, -0.2) is 0 Å². The second-order valence-corrected chi connectivity index (χ2v) is 6.50. The Morgan fingerprint density at radius 2 is 1.80 bits per heavy atom. The Labute approximate surface area is 125 Å². The van der Waals surface area contributed by atoms with E-state index in [-0.39, 0.29) is 0 Å². The average Bonchev–Trinajstić information content (AvgIpc) is 2.50. The number of aryl methyl sites for hydroxylation is 1. The number of benzene rings is 1. The van der Waals surface area contributed by atoms with Gasteiger partial charge in [-0.1, -0.05) is 69.0 Å². The van der Waals surface area contributed by atoms with Crippen molar-refractivity contribution in [3.63, 3.8) is 0 Å². The molecule has 1 aromatic rings. The Kier molecular flexibility index (Phi) is 5.88. The van der Waals surface area contributed by atoms with Crippen LogP contribution in [-0.4, -0.2) is 0 Å². The van der Waals surface area contributed by atoms with Gasteiger partial charge in [-0.05, 0) is 55.6 Å². The molecule has 1 unspecified atom stereocenters. The van der Waals surface area contributed by atoms with Crippen LogP contribution < -0.4 is 0 Å². The molecule has 0 heterocycles. The molecule has 0 radical (unpaired) electrons. The zero-order chi connectivity index (χ0) is 14.4. The topological polar surface area (TPSA) is 0 Å². The van der Waals surface area contributed by atoms with E-state index in [0.29, 0.717) is 0 Å². The van der Waals surface area contributed by atoms with Crippen molar-refractivity contribution >= 4 is 5.57 Å². The van der Waals surface area contributed by atoms with Gasteiger partial charge in [-0.15, -0.1) is 0 Å². The summed E-state index contributed by atoms with van der Waals surface area (Å²) in [6.07, 6.45) is 12.0. The Hall–Kier alpha value is -1.04. The van der Waals surface area contributed by atoms with Crippen LogP contribution in [0.4, 0.5) is 0 Å². The molecule has 2 rings (SSSR count). The predicted molar refractivity (Wildman–Crippen MR) is 89.8 cm³/mol. The fourth-order valence-electron chi connectivity index (χ4n) is 3.35. The molecule has 0 aromatic heterocycles. The second-order valence-electron chi connectivity index (χ2n) is 6.50. The maximum absolute atomic E-state index is 2.51. The van der Waals surface area contributed by atoms with Gasteiger partial charge >= 0.3 is 0 Å². The molecular formula is C20H30. The standard InChI is InChI=1S/C20H30/c1-4-17(5-2)8-9-18-10-14-20(15-11-18)19-12-6-16(3)7-13-19/h6-7,12-14,17-18H,4-5,8-11,15H2,1-3H3. The fraction of sp³-hybridized carbons (Fsp3) is 0.600. The first kappa shape index (κ1) is 15.4. The smallest absolute Gasteiger partial charge is 0.0228 e. The predicted octanol–water partition coefficient (Wildman–Crippen LogP) is 6.39. The molecule has 110 valence electrons. The van der Waals surface area contributed by atoms with Gasteiger partial charge < -0.3 is 0 Å². The Balaban J connectivity index is 1.85. The van der Waals surface area contributed by atoms with Crippen LogP contribution in [0.2, 0.25) is 0 Å². The van der Waals surface area contributed by atoms with E-state index in [1.54, 1.807) is 5.57 Å². The van der Waals surface area contributed by atoms with Crippen LogP contribution in [0.15, 0.2) is 30.3 Å². The molecule has 1 aliphatic carbocycles. The van der Waals surface area contributed by atoms with E-state index in [0.717, 1.165) is 11.8 Å². The van der Waals surface area contributed by atoms with Crippen molar-refractivity contribution in [1.82, 2.24) is 0 Å². The molecule has 0 spiro atoms. The molecule has 20 heavy (non-hydrogen) atoms. The molecule has 0 heteroatoms. The second kappa shape index (κ2) is 7.67. The lowest BCUT2D eigenvalue weighted by Gasteiger charge is -2.24. The zero-order valence-electron chi connectivity index (χ0n) is 13.5. The first-order valence-electron chi connectivity index (χ1n) is 8.49. The van der Waals surface area contributed by atoms with Crippen LogP contribution in [0.1, 0.15) is 69.9 Å². The number of rotatable bonds is 6. The summed E-state index contributed by atoms with van der Waals surface area (Å²) in [5.41, 5.74) is 4.37. The number of hydrogen-bond donors (Lipinski definition) is 0. The highest BCUT2D eigenvalue weighted by Crippen LogP contribution is 2.33. The fourth-order valence-corrected chi connectivity index (χ4v) is 3.35. The minimum atomic E-state index is 0.935. The molecule has 0 aliphatic heterocycles. The average molecular weight is 270 g/mol. The van der Waals surface area contributed by atoms with Crippen molar-refractivity contribution in [3.05, 3.63) is 41.5 Å². The maximum Gasteiger partial charge on any atom is -0.0228 e. The lowest BCUT2D eigenvalue weighted by molar-refractivity contribution is 0.361. The Morgan fingerprint density at radius 3 is 2.35 bits per heavy atom. The molecule has 0 bridgehead atoms. The van der Waals surface area contributed by atoms with Crippen molar-refractivity contribution < 1.29 is 0 Å². The monoisotopic (exact) mass is 270 g/mol. The third-order valence-corrected chi connectivity index (χ3v) is 5.08. The first-order valence-corrected chi connectivity index (χ1v) is 8.49. The van der Waals surface area contributed by atoms with Crippen LogP contribution in [0.5, 0.6) is 0 Å². The number of allylic oxidation sites excluding steroid dienone is 2. The van der Waals surface area contributed by atoms with Crippen LogP contribution in [-0.2, 0) is 0 Å². The summed E-state index contributed by atoms with van der Waals surface area (Å²) in [6, 6.07) is 9.03. The highest BCUT2D eigenvalue weighted by molar-refractivity contribution is 5.66. The molecule has 1 aromatic carbocycles. The van der Waals surface area contributed by atoms with Gasteiger partial charge in [0.05, 0.1) is 0 Å². The van der Waals surface area contributed by atoms with Crippen molar-refractivity contribution in [3.8, 4) is 0 Å². The van der Waals surface area contributed by atoms with Gasteiger partial charge in [0.15, 0.2) is 0 Å². The third-order valence-electron chi connectivity index (χ3n) is 5.08. The van der Waals surface area contributed by atoms with Gasteiger partial charge in [-0.3, -0.25) is 0 Å². The summed E-state index contributed by atoms with van der Waals surface area (Å²) < 4.78 is 0. The van der Waals surface area contributed by atoms with E-state index in [9.17, 15) is 0 Å². The third kappa shape index (κ3) is 4.23. The molecular weight excluding hydrogens is 240 g/mol.